The maximum atomic E-state index is 8.49. The van der Waals surface area contributed by atoms with Crippen LogP contribution < -0.4 is 11.1 Å². The fraction of sp³-hybridized carbons (Fsp3) is 0.857. The summed E-state index contributed by atoms with van der Waals surface area (Å²) in [5, 5.41) is 19.9. The molecule has 0 amide bonds. The summed E-state index contributed by atoms with van der Waals surface area (Å²) >= 11 is 0. The van der Waals surface area contributed by atoms with Crippen molar-refractivity contribution in [2.45, 2.75) is 25.6 Å². The molecular weight excluding hydrogens is 158 g/mol. The van der Waals surface area contributed by atoms with Crippen LogP contribution in [0.3, 0.4) is 0 Å². The van der Waals surface area contributed by atoms with E-state index in [0.29, 0.717) is 12.4 Å². The zero-order chi connectivity index (χ0) is 9.40. The van der Waals surface area contributed by atoms with E-state index in [0.717, 1.165) is 19.4 Å². The minimum atomic E-state index is -1.19. The molecule has 0 radical (unpaired) electrons. The Balaban J connectivity index is 3.11. The van der Waals surface area contributed by atoms with Gasteiger partial charge in [-0.2, -0.15) is 0 Å². The molecule has 0 aliphatic carbocycles. The molecule has 0 saturated carbocycles. The van der Waals surface area contributed by atoms with Gasteiger partial charge in [-0.05, 0) is 19.3 Å². The molecule has 0 aliphatic rings. The predicted octanol–water partition coefficient (Wildman–Crippen LogP) is -0.998. The minimum Gasteiger partial charge on any atom is -0.370 e. The Morgan fingerprint density at radius 2 is 2.17 bits per heavy atom. The number of nitrogens with zero attached hydrogens (tertiary/aromatic N) is 1. The van der Waals surface area contributed by atoms with Gasteiger partial charge in [0.1, 0.15) is 0 Å². The van der Waals surface area contributed by atoms with Crippen LogP contribution in [0.15, 0.2) is 4.99 Å². The first-order valence-electron chi connectivity index (χ1n) is 3.99. The van der Waals surface area contributed by atoms with Gasteiger partial charge in [-0.25, -0.2) is 0 Å². The lowest BCUT2D eigenvalue weighted by Crippen LogP contribution is -2.32. The summed E-state index contributed by atoms with van der Waals surface area (Å²) < 4.78 is 0. The maximum absolute atomic E-state index is 8.49. The molecule has 5 heteroatoms. The summed E-state index contributed by atoms with van der Waals surface area (Å²) in [5.74, 6) is 0.416. The minimum absolute atomic E-state index is 0.408. The molecule has 0 aromatic heterocycles. The monoisotopic (exact) mass is 175 g/mol. The van der Waals surface area contributed by atoms with Gasteiger partial charge in [0.05, 0.1) is 0 Å². The van der Waals surface area contributed by atoms with Gasteiger partial charge in [-0.15, -0.1) is 0 Å². The van der Waals surface area contributed by atoms with Gasteiger partial charge in [0.25, 0.3) is 0 Å². The third-order valence-electron chi connectivity index (χ3n) is 1.44. The van der Waals surface area contributed by atoms with E-state index in [4.69, 9.17) is 15.9 Å². The molecule has 0 atom stereocenters. The second kappa shape index (κ2) is 6.87. The lowest BCUT2D eigenvalue weighted by Gasteiger charge is -2.05. The van der Waals surface area contributed by atoms with Crippen LogP contribution in [-0.4, -0.2) is 36.1 Å². The molecule has 12 heavy (non-hydrogen) atoms. The quantitative estimate of drug-likeness (QED) is 0.187. The average Bonchev–Trinajstić information content (AvgIpc) is 2.03. The Kier molecular flexibility index (Phi) is 6.41. The summed E-state index contributed by atoms with van der Waals surface area (Å²) in [4.78, 5) is 3.71. The fourth-order valence-corrected chi connectivity index (χ4v) is 0.747. The van der Waals surface area contributed by atoms with Crippen LogP contribution >= 0.6 is 0 Å². The molecule has 0 spiro atoms. The normalized spacial score (nSPS) is 12.2. The number of unbranched alkanes of at least 4 members (excludes halogenated alkanes) is 1. The largest absolute Gasteiger partial charge is 0.370 e. The number of rotatable bonds is 5. The molecule has 5 N–H and O–H groups in total. The second-order valence-corrected chi connectivity index (χ2v) is 2.51. The van der Waals surface area contributed by atoms with Gasteiger partial charge in [-0.3, -0.25) is 4.99 Å². The van der Waals surface area contributed by atoms with Gasteiger partial charge >= 0.3 is 0 Å². The van der Waals surface area contributed by atoms with Gasteiger partial charge in [0.2, 0.25) is 0 Å². The summed E-state index contributed by atoms with van der Waals surface area (Å²) in [6, 6.07) is 0. The second-order valence-electron chi connectivity index (χ2n) is 2.51. The van der Waals surface area contributed by atoms with Crippen LogP contribution in [-0.2, 0) is 0 Å². The Hall–Kier alpha value is -0.810. The summed E-state index contributed by atoms with van der Waals surface area (Å²) in [7, 11) is 1.61. The van der Waals surface area contributed by atoms with E-state index in [1.54, 1.807) is 7.05 Å². The fourth-order valence-electron chi connectivity index (χ4n) is 0.747. The molecule has 0 bridgehead atoms. The van der Waals surface area contributed by atoms with E-state index in [2.05, 4.69) is 10.3 Å². The van der Waals surface area contributed by atoms with Crippen molar-refractivity contribution in [1.29, 1.82) is 0 Å². The van der Waals surface area contributed by atoms with Crippen molar-refractivity contribution in [3.8, 4) is 0 Å². The first-order valence-corrected chi connectivity index (χ1v) is 3.99. The zero-order valence-corrected chi connectivity index (χ0v) is 7.32. The molecule has 72 valence electrons. The first kappa shape index (κ1) is 11.2. The number of aliphatic hydroxyl groups excluding tert-OH is 1. The SMILES string of the molecule is CN=C(N)NCCCCC(O)O. The van der Waals surface area contributed by atoms with E-state index >= 15 is 0 Å². The Labute approximate surface area is 72.3 Å². The number of aliphatic imine (C=N–C) groups is 1. The Bertz CT molecular complexity index is 137. The molecule has 0 unspecified atom stereocenters. The standard InChI is InChI=1S/C7H17N3O2/c1-9-7(8)10-5-3-2-4-6(11)12/h6,11-12H,2-5H2,1H3,(H3,8,9,10). The first-order chi connectivity index (χ1) is 5.66. The molecule has 0 heterocycles. The van der Waals surface area contributed by atoms with E-state index in [-0.39, 0.29) is 0 Å². The van der Waals surface area contributed by atoms with Crippen molar-refractivity contribution in [1.82, 2.24) is 5.32 Å². The third-order valence-corrected chi connectivity index (χ3v) is 1.44. The van der Waals surface area contributed by atoms with E-state index in [1.807, 2.05) is 0 Å². The highest BCUT2D eigenvalue weighted by Crippen LogP contribution is 1.96. The number of hydrogen-bond acceptors (Lipinski definition) is 3. The van der Waals surface area contributed by atoms with Gasteiger partial charge in [0.15, 0.2) is 12.2 Å². The highest BCUT2D eigenvalue weighted by Gasteiger charge is 1.96. The molecule has 0 saturated heterocycles. The van der Waals surface area contributed by atoms with E-state index in [9.17, 15) is 0 Å². The topological polar surface area (TPSA) is 90.9 Å². The zero-order valence-electron chi connectivity index (χ0n) is 7.32. The van der Waals surface area contributed by atoms with Crippen molar-refractivity contribution in [2.24, 2.45) is 10.7 Å². The Morgan fingerprint density at radius 3 is 2.67 bits per heavy atom. The molecule has 0 aliphatic heterocycles. The van der Waals surface area contributed by atoms with Crippen molar-refractivity contribution in [3.05, 3.63) is 0 Å². The average molecular weight is 175 g/mol. The number of nitrogens with two attached hydrogens (primary N) is 1. The van der Waals surface area contributed by atoms with Crippen LogP contribution in [0.5, 0.6) is 0 Å². The van der Waals surface area contributed by atoms with Gasteiger partial charge < -0.3 is 21.3 Å². The molecule has 0 rings (SSSR count). The van der Waals surface area contributed by atoms with Crippen LogP contribution in [0.2, 0.25) is 0 Å². The van der Waals surface area contributed by atoms with Crippen molar-refractivity contribution >= 4 is 5.96 Å². The number of aliphatic hydroxyl groups is 2. The van der Waals surface area contributed by atoms with E-state index in [1.165, 1.54) is 0 Å². The molecule has 0 fully saturated rings. The van der Waals surface area contributed by atoms with Crippen LogP contribution in [0.1, 0.15) is 19.3 Å². The predicted molar refractivity (Wildman–Crippen MR) is 47.6 cm³/mol. The molecule has 0 aromatic rings. The van der Waals surface area contributed by atoms with Crippen LogP contribution in [0.25, 0.3) is 0 Å². The maximum Gasteiger partial charge on any atom is 0.188 e. The van der Waals surface area contributed by atoms with Crippen LogP contribution in [0, 0.1) is 0 Å². The van der Waals surface area contributed by atoms with Crippen molar-refractivity contribution < 1.29 is 10.2 Å². The Morgan fingerprint density at radius 1 is 1.50 bits per heavy atom. The van der Waals surface area contributed by atoms with Gasteiger partial charge in [-0.1, -0.05) is 0 Å². The highest BCUT2D eigenvalue weighted by atomic mass is 16.5. The highest BCUT2D eigenvalue weighted by molar-refractivity contribution is 5.77. The number of nitrogens with one attached hydrogen (secondary N) is 1. The number of guanidine groups is 1. The molecule has 0 aromatic carbocycles. The van der Waals surface area contributed by atoms with Crippen LogP contribution in [0.4, 0.5) is 0 Å². The smallest absolute Gasteiger partial charge is 0.188 e. The third kappa shape index (κ3) is 7.30. The van der Waals surface area contributed by atoms with E-state index < -0.39 is 6.29 Å². The van der Waals surface area contributed by atoms with Crippen molar-refractivity contribution in [3.63, 3.8) is 0 Å². The molecular formula is C7H17N3O2. The summed E-state index contributed by atoms with van der Waals surface area (Å²) in [6.07, 6.45) is 0.836. The lowest BCUT2D eigenvalue weighted by molar-refractivity contribution is -0.0464. The lowest BCUT2D eigenvalue weighted by atomic mass is 10.2. The molecule has 5 nitrogen and oxygen atoms in total. The van der Waals surface area contributed by atoms with Gasteiger partial charge in [0, 0.05) is 13.6 Å². The summed E-state index contributed by atoms with van der Waals surface area (Å²) in [6.45, 7) is 0.718. The summed E-state index contributed by atoms with van der Waals surface area (Å²) in [5.41, 5.74) is 5.36. The number of hydrogen-bond donors (Lipinski definition) is 4. The van der Waals surface area contributed by atoms with Crippen molar-refractivity contribution in [2.75, 3.05) is 13.6 Å².